The molecule has 1 unspecified atom stereocenters. The smallest absolute Gasteiger partial charge is 0.338 e. The molecule has 1 aromatic heterocycles. The molecule has 9 nitrogen and oxygen atoms in total. The summed E-state index contributed by atoms with van der Waals surface area (Å²) >= 11 is 0. The van der Waals surface area contributed by atoms with Gasteiger partial charge in [-0.3, -0.25) is 4.79 Å². The Labute approximate surface area is 195 Å². The van der Waals surface area contributed by atoms with Gasteiger partial charge in [-0.1, -0.05) is 19.4 Å². The van der Waals surface area contributed by atoms with E-state index < -0.39 is 28.9 Å². The number of benzene rings is 1. The van der Waals surface area contributed by atoms with Crippen molar-refractivity contribution in [3.8, 4) is 5.75 Å². The number of fused-ring (bicyclic) bond motifs is 1. The third-order valence-electron chi connectivity index (χ3n) is 6.30. The van der Waals surface area contributed by atoms with Gasteiger partial charge in [0.1, 0.15) is 17.3 Å². The molecule has 2 aromatic rings. The summed E-state index contributed by atoms with van der Waals surface area (Å²) in [6.07, 6.45) is 6.03. The van der Waals surface area contributed by atoms with Crippen molar-refractivity contribution < 1.29 is 28.2 Å². The Morgan fingerprint density at radius 1 is 1.38 bits per heavy atom. The number of carboxylic acids is 1. The van der Waals surface area contributed by atoms with E-state index in [0.29, 0.717) is 11.5 Å². The first-order valence-corrected chi connectivity index (χ1v) is 10.8. The van der Waals surface area contributed by atoms with Gasteiger partial charge in [0.2, 0.25) is 11.6 Å². The molecular formula is C23H25F2N5O4. The van der Waals surface area contributed by atoms with E-state index in [1.54, 1.807) is 4.90 Å². The highest BCUT2D eigenvalue weighted by molar-refractivity contribution is 6.04. The van der Waals surface area contributed by atoms with Crippen molar-refractivity contribution >= 4 is 35.0 Å². The van der Waals surface area contributed by atoms with Crippen LogP contribution < -0.4 is 19.9 Å². The number of aromatic carboxylic acids is 1. The number of anilines is 4. The Balaban J connectivity index is 1.78. The summed E-state index contributed by atoms with van der Waals surface area (Å²) in [5.74, 6) is -2.66. The lowest BCUT2D eigenvalue weighted by Crippen LogP contribution is -2.49. The van der Waals surface area contributed by atoms with E-state index in [1.807, 2.05) is 0 Å². The minimum Gasteiger partial charge on any atom is -0.495 e. The van der Waals surface area contributed by atoms with Crippen LogP contribution in [0.1, 0.15) is 36.0 Å². The first-order valence-electron chi connectivity index (χ1n) is 10.8. The van der Waals surface area contributed by atoms with Crippen LogP contribution in [-0.2, 0) is 4.79 Å². The fourth-order valence-corrected chi connectivity index (χ4v) is 4.43. The Morgan fingerprint density at radius 3 is 2.71 bits per heavy atom. The second kappa shape index (κ2) is 8.88. The van der Waals surface area contributed by atoms with Gasteiger partial charge in [0.25, 0.3) is 5.91 Å². The maximum atomic E-state index is 15.6. The molecule has 1 fully saturated rings. The molecule has 1 atom stereocenters. The molecule has 180 valence electrons. The number of carboxylic acid groups (broad SMARTS) is 1. The molecule has 1 aliphatic carbocycles. The van der Waals surface area contributed by atoms with Crippen LogP contribution in [-0.4, -0.2) is 59.4 Å². The van der Waals surface area contributed by atoms with Crippen LogP contribution in [0.2, 0.25) is 0 Å². The largest absolute Gasteiger partial charge is 0.495 e. The highest BCUT2D eigenvalue weighted by Gasteiger charge is 2.46. The summed E-state index contributed by atoms with van der Waals surface area (Å²) in [5.41, 5.74) is -2.39. The maximum Gasteiger partial charge on any atom is 0.338 e. The zero-order valence-corrected chi connectivity index (χ0v) is 18.8. The Hall–Kier alpha value is -3.76. The van der Waals surface area contributed by atoms with E-state index in [0.717, 1.165) is 43.9 Å². The molecule has 0 saturated heterocycles. The van der Waals surface area contributed by atoms with Crippen molar-refractivity contribution in [2.45, 2.75) is 37.4 Å². The molecule has 11 heteroatoms. The van der Waals surface area contributed by atoms with Gasteiger partial charge in [0, 0.05) is 19.2 Å². The number of amides is 1. The van der Waals surface area contributed by atoms with Gasteiger partial charge in [-0.05, 0) is 25.0 Å². The van der Waals surface area contributed by atoms with Gasteiger partial charge in [-0.2, -0.15) is 4.98 Å². The first kappa shape index (κ1) is 23.4. The number of carbonyl (C=O) groups is 2. The van der Waals surface area contributed by atoms with Gasteiger partial charge >= 0.3 is 5.97 Å². The van der Waals surface area contributed by atoms with Gasteiger partial charge < -0.3 is 25.0 Å². The molecule has 0 bridgehead atoms. The van der Waals surface area contributed by atoms with Crippen molar-refractivity contribution in [2.24, 2.45) is 0 Å². The van der Waals surface area contributed by atoms with Crippen molar-refractivity contribution in [1.29, 1.82) is 0 Å². The van der Waals surface area contributed by atoms with E-state index in [9.17, 15) is 14.0 Å². The third-order valence-corrected chi connectivity index (χ3v) is 6.30. The Kier molecular flexibility index (Phi) is 6.11. The van der Waals surface area contributed by atoms with E-state index >= 15 is 4.39 Å². The summed E-state index contributed by atoms with van der Waals surface area (Å²) in [4.78, 5) is 35.9. The number of nitrogens with one attached hydrogen (secondary N) is 1. The number of ether oxygens (including phenoxy) is 1. The summed E-state index contributed by atoms with van der Waals surface area (Å²) in [6.45, 7) is 3.30. The molecule has 0 spiro atoms. The number of halogens is 2. The zero-order valence-electron chi connectivity index (χ0n) is 18.8. The van der Waals surface area contributed by atoms with E-state index in [1.165, 1.54) is 25.3 Å². The Morgan fingerprint density at radius 2 is 2.09 bits per heavy atom. The number of hydrogen-bond donors (Lipinski definition) is 2. The lowest BCUT2D eigenvalue weighted by atomic mass is 10.0. The SMILES string of the molecule is C=CC1(F)CN(C2CCCC2)c2nc(Nc3cc(F)c(C(=O)O)cc3OC)ncc2N(C)C1=O. The number of rotatable bonds is 6. The average Bonchev–Trinajstić information content (AvgIpc) is 3.33. The summed E-state index contributed by atoms with van der Waals surface area (Å²) < 4.78 is 35.2. The van der Waals surface area contributed by atoms with Crippen LogP contribution in [0.3, 0.4) is 0 Å². The van der Waals surface area contributed by atoms with Gasteiger partial charge in [0.15, 0.2) is 5.82 Å². The lowest BCUT2D eigenvalue weighted by molar-refractivity contribution is -0.126. The van der Waals surface area contributed by atoms with E-state index in [4.69, 9.17) is 9.84 Å². The van der Waals surface area contributed by atoms with Gasteiger partial charge in [0.05, 0.1) is 31.1 Å². The fourth-order valence-electron chi connectivity index (χ4n) is 4.43. The highest BCUT2D eigenvalue weighted by atomic mass is 19.1. The molecule has 1 aliphatic heterocycles. The van der Waals surface area contributed by atoms with Crippen LogP contribution in [0.4, 0.5) is 31.9 Å². The van der Waals surface area contributed by atoms with Crippen molar-refractivity contribution in [3.05, 3.63) is 42.4 Å². The van der Waals surface area contributed by atoms with Crippen LogP contribution in [0.25, 0.3) is 0 Å². The van der Waals surface area contributed by atoms with Crippen molar-refractivity contribution in [3.63, 3.8) is 0 Å². The standard InChI is InChI=1S/C23H25F2N5O4/c1-4-23(25)12-30(13-7-5-6-8-13)19-17(29(2)21(23)33)11-26-22(28-19)27-16-10-15(24)14(20(31)32)9-18(16)34-3/h4,9-11,13H,1,5-8,12H2,2-3H3,(H,31,32)(H,26,27,28). The second-order valence-corrected chi connectivity index (χ2v) is 8.36. The molecule has 2 N–H and O–H groups in total. The van der Waals surface area contributed by atoms with Gasteiger partial charge in [-0.25, -0.2) is 18.6 Å². The zero-order chi connectivity index (χ0) is 24.6. The Bertz CT molecular complexity index is 1150. The number of nitrogens with zero attached hydrogens (tertiary/aromatic N) is 4. The molecule has 2 aliphatic rings. The number of methoxy groups -OCH3 is 1. The first-order chi connectivity index (χ1) is 16.2. The van der Waals surface area contributed by atoms with E-state index in [-0.39, 0.29) is 30.0 Å². The monoisotopic (exact) mass is 473 g/mol. The quantitative estimate of drug-likeness (QED) is 0.612. The van der Waals surface area contributed by atoms with Gasteiger partial charge in [-0.15, -0.1) is 0 Å². The molecular weight excluding hydrogens is 448 g/mol. The normalized spacial score (nSPS) is 20.6. The van der Waals surface area contributed by atoms with Crippen molar-refractivity contribution in [2.75, 3.05) is 35.8 Å². The summed E-state index contributed by atoms with van der Waals surface area (Å²) in [5, 5.41) is 12.0. The van der Waals surface area contributed by atoms with Crippen LogP contribution in [0.15, 0.2) is 31.0 Å². The lowest BCUT2D eigenvalue weighted by Gasteiger charge is -2.32. The number of alkyl halides is 1. The molecule has 4 rings (SSSR count). The predicted molar refractivity (Wildman–Crippen MR) is 122 cm³/mol. The highest BCUT2D eigenvalue weighted by Crippen LogP contribution is 2.40. The van der Waals surface area contributed by atoms with Crippen LogP contribution >= 0.6 is 0 Å². The molecule has 34 heavy (non-hydrogen) atoms. The minimum atomic E-state index is -2.30. The number of carbonyl (C=O) groups excluding carboxylic acids is 1. The number of hydrogen-bond acceptors (Lipinski definition) is 7. The second-order valence-electron chi connectivity index (χ2n) is 8.36. The molecule has 0 radical (unpaired) electrons. The van der Waals surface area contributed by atoms with Crippen LogP contribution in [0.5, 0.6) is 5.75 Å². The topological polar surface area (TPSA) is 108 Å². The average molecular weight is 473 g/mol. The predicted octanol–water partition coefficient (Wildman–Crippen LogP) is 3.69. The molecule has 2 heterocycles. The summed E-state index contributed by atoms with van der Waals surface area (Å²) in [6, 6.07) is 2.02. The maximum absolute atomic E-state index is 15.6. The summed E-state index contributed by atoms with van der Waals surface area (Å²) in [7, 11) is 2.77. The number of aromatic nitrogens is 2. The minimum absolute atomic E-state index is 0.0160. The molecule has 1 amide bonds. The van der Waals surface area contributed by atoms with E-state index in [2.05, 4.69) is 21.9 Å². The fraction of sp³-hybridized carbons (Fsp3) is 0.391. The van der Waals surface area contributed by atoms with Crippen molar-refractivity contribution in [1.82, 2.24) is 9.97 Å². The third kappa shape index (κ3) is 4.02. The molecule has 1 aromatic carbocycles. The molecule has 1 saturated carbocycles. The van der Waals surface area contributed by atoms with Crippen LogP contribution in [0, 0.1) is 5.82 Å².